The van der Waals surface area contributed by atoms with Crippen LogP contribution in [0, 0.1) is 0 Å². The monoisotopic (exact) mass is 463 g/mol. The number of benzene rings is 1. The van der Waals surface area contributed by atoms with E-state index in [9.17, 15) is 9.59 Å². The molecule has 9 nitrogen and oxygen atoms in total. The Hall–Kier alpha value is -3.76. The number of thiazole rings is 1. The number of ether oxygens (including phenoxy) is 2. The van der Waals surface area contributed by atoms with Gasteiger partial charge in [0.2, 0.25) is 0 Å². The number of pyridine rings is 1. The summed E-state index contributed by atoms with van der Waals surface area (Å²) in [5, 5.41) is 3.30. The Morgan fingerprint density at radius 1 is 1.18 bits per heavy atom. The van der Waals surface area contributed by atoms with Gasteiger partial charge in [-0.1, -0.05) is 41.7 Å². The van der Waals surface area contributed by atoms with Crippen molar-refractivity contribution in [2.24, 2.45) is 0 Å². The Bertz CT molecular complexity index is 1270. The largest absolute Gasteiger partial charge is 0.447 e. The van der Waals surface area contributed by atoms with Gasteiger partial charge in [0.15, 0.2) is 5.13 Å². The molecule has 168 valence electrons. The lowest BCUT2D eigenvalue weighted by molar-refractivity contribution is 0.0954. The number of anilines is 1. The Balaban J connectivity index is 1.19. The number of rotatable bonds is 8. The third-order valence-electron chi connectivity index (χ3n) is 5.22. The lowest BCUT2D eigenvalue weighted by Gasteiger charge is -2.18. The van der Waals surface area contributed by atoms with E-state index in [1.807, 2.05) is 59.3 Å². The van der Waals surface area contributed by atoms with Crippen molar-refractivity contribution in [1.82, 2.24) is 19.7 Å². The van der Waals surface area contributed by atoms with E-state index in [0.717, 1.165) is 28.1 Å². The fraction of sp³-hybridized carbons (Fsp3) is 0.217. The molecule has 1 aromatic carbocycles. The van der Waals surface area contributed by atoms with Gasteiger partial charge in [-0.2, -0.15) is 0 Å². The minimum atomic E-state index is -0.488. The van der Waals surface area contributed by atoms with Crippen molar-refractivity contribution in [2.75, 3.05) is 18.1 Å². The first-order valence-electron chi connectivity index (χ1n) is 10.4. The Morgan fingerprint density at radius 2 is 2.06 bits per heavy atom. The van der Waals surface area contributed by atoms with Crippen LogP contribution in [0.2, 0.25) is 0 Å². The van der Waals surface area contributed by atoms with Crippen LogP contribution in [-0.4, -0.2) is 45.6 Å². The highest BCUT2D eigenvalue weighted by Gasteiger charge is 2.36. The fourth-order valence-electron chi connectivity index (χ4n) is 3.52. The first-order chi connectivity index (χ1) is 16.2. The highest BCUT2D eigenvalue weighted by Crippen LogP contribution is 2.28. The number of carbonyl (C=O) groups excluding carboxylic acids is 2. The summed E-state index contributed by atoms with van der Waals surface area (Å²) in [7, 11) is 0. The van der Waals surface area contributed by atoms with Crippen molar-refractivity contribution in [3.8, 4) is 0 Å². The molecule has 33 heavy (non-hydrogen) atoms. The molecule has 5 rings (SSSR count). The molecule has 0 spiro atoms. The summed E-state index contributed by atoms with van der Waals surface area (Å²) in [6.07, 6.45) is 6.46. The molecule has 1 aliphatic rings. The van der Waals surface area contributed by atoms with Gasteiger partial charge in [0, 0.05) is 25.1 Å². The van der Waals surface area contributed by atoms with Crippen molar-refractivity contribution in [3.05, 3.63) is 83.3 Å². The summed E-state index contributed by atoms with van der Waals surface area (Å²) in [6, 6.07) is 13.3. The average molecular weight is 464 g/mol. The number of nitrogens with one attached hydrogen (secondary N) is 1. The maximum Gasteiger partial charge on any atom is 0.416 e. The summed E-state index contributed by atoms with van der Waals surface area (Å²) in [6.45, 7) is 1.32. The number of cyclic esters (lactones) is 1. The second kappa shape index (κ2) is 9.39. The Labute approximate surface area is 193 Å². The van der Waals surface area contributed by atoms with Crippen LogP contribution in [0.1, 0.15) is 20.8 Å². The predicted octanol–water partition coefficient (Wildman–Crippen LogP) is 3.26. The van der Waals surface area contributed by atoms with Gasteiger partial charge >= 0.3 is 6.09 Å². The highest BCUT2D eigenvalue weighted by molar-refractivity contribution is 7.17. The first kappa shape index (κ1) is 21.1. The van der Waals surface area contributed by atoms with Crippen LogP contribution in [0.4, 0.5) is 9.93 Å². The van der Waals surface area contributed by atoms with E-state index in [4.69, 9.17) is 9.47 Å². The molecular formula is C23H21N5O4S. The number of aromatic nitrogens is 3. The van der Waals surface area contributed by atoms with Crippen LogP contribution in [-0.2, 0) is 22.6 Å². The fourth-order valence-corrected chi connectivity index (χ4v) is 4.41. The molecule has 2 amide bonds. The third kappa shape index (κ3) is 4.71. The van der Waals surface area contributed by atoms with E-state index in [1.165, 1.54) is 11.1 Å². The summed E-state index contributed by atoms with van der Waals surface area (Å²) in [5.74, 6) is -0.258. The Kier molecular flexibility index (Phi) is 6.01. The molecular weight excluding hydrogens is 442 g/mol. The smallest absolute Gasteiger partial charge is 0.416 e. The van der Waals surface area contributed by atoms with E-state index in [-0.39, 0.29) is 18.6 Å². The number of hydrogen-bond acceptors (Lipinski definition) is 7. The number of imidazole rings is 1. The molecule has 4 aromatic rings. The minimum absolute atomic E-state index is 0.213. The maximum atomic E-state index is 12.6. The number of carbonyl (C=O) groups is 2. The number of amides is 2. The van der Waals surface area contributed by atoms with Crippen molar-refractivity contribution >= 4 is 34.1 Å². The van der Waals surface area contributed by atoms with Gasteiger partial charge in [-0.3, -0.25) is 4.79 Å². The number of nitrogens with zero attached hydrogens (tertiary/aromatic N) is 4. The molecule has 0 saturated carbocycles. The zero-order valence-corrected chi connectivity index (χ0v) is 18.4. The van der Waals surface area contributed by atoms with E-state index >= 15 is 0 Å². The van der Waals surface area contributed by atoms with Gasteiger partial charge in [-0.05, 0) is 23.3 Å². The van der Waals surface area contributed by atoms with Gasteiger partial charge in [0.05, 0.1) is 19.4 Å². The molecule has 1 atom stereocenters. The molecule has 0 unspecified atom stereocenters. The SMILES string of the molecule is O=C(NCc1ccn2ccnc2c1)c1cnc(N2C(=O)OC[C@@H]2COCc2ccccc2)s1. The lowest BCUT2D eigenvalue weighted by Crippen LogP contribution is -2.36. The predicted molar refractivity (Wildman–Crippen MR) is 122 cm³/mol. The summed E-state index contributed by atoms with van der Waals surface area (Å²) < 4.78 is 12.9. The number of fused-ring (bicyclic) bond motifs is 1. The van der Waals surface area contributed by atoms with Crippen LogP contribution in [0.5, 0.6) is 0 Å². The second-order valence-corrected chi connectivity index (χ2v) is 8.53. The van der Waals surface area contributed by atoms with E-state index < -0.39 is 6.09 Å². The zero-order valence-electron chi connectivity index (χ0n) is 17.6. The summed E-state index contributed by atoms with van der Waals surface area (Å²) >= 11 is 1.14. The first-order valence-corrected chi connectivity index (χ1v) is 11.2. The van der Waals surface area contributed by atoms with E-state index in [0.29, 0.717) is 29.8 Å². The summed E-state index contributed by atoms with van der Waals surface area (Å²) in [5.41, 5.74) is 2.80. The molecule has 10 heteroatoms. The molecule has 1 aliphatic heterocycles. The van der Waals surface area contributed by atoms with Gasteiger partial charge in [-0.15, -0.1) is 0 Å². The molecule has 0 radical (unpaired) electrons. The highest BCUT2D eigenvalue weighted by atomic mass is 32.1. The van der Waals surface area contributed by atoms with Crippen LogP contribution < -0.4 is 10.2 Å². The van der Waals surface area contributed by atoms with Crippen LogP contribution in [0.15, 0.2) is 67.3 Å². The van der Waals surface area contributed by atoms with Crippen LogP contribution in [0.25, 0.3) is 5.65 Å². The molecule has 1 fully saturated rings. The normalized spacial score (nSPS) is 15.7. The molecule has 1 N–H and O–H groups in total. The second-order valence-electron chi connectivity index (χ2n) is 7.52. The van der Waals surface area contributed by atoms with Gasteiger partial charge in [0.1, 0.15) is 23.2 Å². The van der Waals surface area contributed by atoms with Crippen LogP contribution in [0.3, 0.4) is 0 Å². The van der Waals surface area contributed by atoms with Crippen LogP contribution >= 0.6 is 11.3 Å². The summed E-state index contributed by atoms with van der Waals surface area (Å²) in [4.78, 5) is 35.3. The average Bonchev–Trinajstić information content (AvgIpc) is 3.58. The molecule has 4 heterocycles. The standard InChI is InChI=1S/C23H21N5O4S/c29-21(25-11-17-6-8-27-9-7-24-20(27)10-17)19-12-26-22(33-19)28-18(15-32-23(28)30)14-31-13-16-4-2-1-3-5-16/h1-10,12,18H,11,13-15H2,(H,25,29)/t18-/m0/s1. The zero-order chi connectivity index (χ0) is 22.6. The minimum Gasteiger partial charge on any atom is -0.447 e. The van der Waals surface area contributed by atoms with Crippen molar-refractivity contribution in [1.29, 1.82) is 0 Å². The van der Waals surface area contributed by atoms with Crippen molar-refractivity contribution in [2.45, 2.75) is 19.2 Å². The van der Waals surface area contributed by atoms with Gasteiger partial charge in [-0.25, -0.2) is 19.7 Å². The number of hydrogen-bond donors (Lipinski definition) is 1. The Morgan fingerprint density at radius 3 is 2.94 bits per heavy atom. The lowest BCUT2D eigenvalue weighted by atomic mass is 10.2. The quantitative estimate of drug-likeness (QED) is 0.431. The molecule has 0 aliphatic carbocycles. The third-order valence-corrected chi connectivity index (χ3v) is 6.22. The molecule has 0 bridgehead atoms. The van der Waals surface area contributed by atoms with E-state index in [1.54, 1.807) is 6.20 Å². The van der Waals surface area contributed by atoms with Crippen molar-refractivity contribution < 1.29 is 19.1 Å². The van der Waals surface area contributed by atoms with Gasteiger partial charge in [0.25, 0.3) is 5.91 Å². The molecule has 3 aromatic heterocycles. The molecule has 1 saturated heterocycles. The van der Waals surface area contributed by atoms with Gasteiger partial charge < -0.3 is 19.2 Å². The maximum absolute atomic E-state index is 12.6. The van der Waals surface area contributed by atoms with Crippen molar-refractivity contribution in [3.63, 3.8) is 0 Å². The van der Waals surface area contributed by atoms with E-state index in [2.05, 4.69) is 15.3 Å². The topological polar surface area (TPSA) is 98.1 Å².